The molecule has 2 N–H and O–H groups in total. The lowest BCUT2D eigenvalue weighted by molar-refractivity contribution is 0.0238. The maximum Gasteiger partial charge on any atom is 0.0836 e. The van der Waals surface area contributed by atoms with Crippen molar-refractivity contribution in [3.8, 4) is 12.3 Å². The summed E-state index contributed by atoms with van der Waals surface area (Å²) in [4.78, 5) is 0. The van der Waals surface area contributed by atoms with E-state index in [2.05, 4.69) is 5.92 Å². The molecule has 2 nitrogen and oxygen atoms in total. The molecule has 0 aliphatic heterocycles. The maximum absolute atomic E-state index is 9.57. The van der Waals surface area contributed by atoms with E-state index in [1.807, 2.05) is 31.2 Å². The van der Waals surface area contributed by atoms with Crippen molar-refractivity contribution in [3.05, 3.63) is 36.5 Å². The van der Waals surface area contributed by atoms with E-state index >= 15 is 0 Å². The summed E-state index contributed by atoms with van der Waals surface area (Å²) < 4.78 is 0. The zero-order valence-electron chi connectivity index (χ0n) is 9.71. The van der Waals surface area contributed by atoms with Crippen LogP contribution in [0.2, 0.25) is 0 Å². The highest BCUT2D eigenvalue weighted by atomic mass is 16.3. The lowest BCUT2D eigenvalue weighted by Gasteiger charge is -2.13. The summed E-state index contributed by atoms with van der Waals surface area (Å²) in [7, 11) is 0. The summed E-state index contributed by atoms with van der Waals surface area (Å²) in [6.07, 6.45) is 16.3. The third-order valence-corrected chi connectivity index (χ3v) is 2.09. The predicted octanol–water partition coefficient (Wildman–Crippen LogP) is 2.20. The van der Waals surface area contributed by atoms with Crippen LogP contribution >= 0.6 is 0 Å². The molecule has 0 aromatic carbocycles. The first-order valence-corrected chi connectivity index (χ1v) is 5.45. The van der Waals surface area contributed by atoms with Gasteiger partial charge in [-0.25, -0.2) is 0 Å². The summed E-state index contributed by atoms with van der Waals surface area (Å²) in [5.74, 6) is 2.33. The van der Waals surface area contributed by atoms with Crippen LogP contribution in [0.3, 0.4) is 0 Å². The monoisotopic (exact) mass is 220 g/mol. The fourth-order valence-electron chi connectivity index (χ4n) is 1.14. The summed E-state index contributed by atoms with van der Waals surface area (Å²) in [6.45, 7) is 1.96. The van der Waals surface area contributed by atoms with E-state index in [1.165, 1.54) is 6.08 Å². The first-order valence-electron chi connectivity index (χ1n) is 5.45. The average Bonchev–Trinajstić information content (AvgIpc) is 2.28. The van der Waals surface area contributed by atoms with Gasteiger partial charge in [0.1, 0.15) is 0 Å². The molecule has 0 aliphatic carbocycles. The third-order valence-electron chi connectivity index (χ3n) is 2.09. The van der Waals surface area contributed by atoms with E-state index in [-0.39, 0.29) is 0 Å². The van der Waals surface area contributed by atoms with Crippen LogP contribution in [0, 0.1) is 12.3 Å². The standard InChI is InChI=1S/C14H20O2/c1-3-5-7-8-10-12-14(16)13(15)11-9-6-4-2/h2-3,5-6,8-10,13-16H,7,11-12H2,1H3/b5-3+,9-6+,10-8-/t13-,14-/m1/s1. The van der Waals surface area contributed by atoms with Gasteiger partial charge in [0.05, 0.1) is 12.2 Å². The number of terminal acetylenes is 1. The van der Waals surface area contributed by atoms with Gasteiger partial charge in [-0.2, -0.15) is 0 Å². The Morgan fingerprint density at radius 2 is 1.69 bits per heavy atom. The van der Waals surface area contributed by atoms with Crippen LogP contribution in [0.15, 0.2) is 36.5 Å². The molecule has 0 radical (unpaired) electrons. The molecule has 0 unspecified atom stereocenters. The summed E-state index contributed by atoms with van der Waals surface area (Å²) in [5.41, 5.74) is 0. The summed E-state index contributed by atoms with van der Waals surface area (Å²) in [6, 6.07) is 0. The summed E-state index contributed by atoms with van der Waals surface area (Å²) >= 11 is 0. The highest BCUT2D eigenvalue weighted by molar-refractivity contribution is 5.09. The number of allylic oxidation sites excluding steroid dienone is 4. The largest absolute Gasteiger partial charge is 0.390 e. The van der Waals surface area contributed by atoms with Gasteiger partial charge in [0.15, 0.2) is 0 Å². The van der Waals surface area contributed by atoms with Gasteiger partial charge < -0.3 is 10.2 Å². The Hall–Kier alpha value is -1.30. The second-order valence-corrected chi connectivity index (χ2v) is 3.45. The van der Waals surface area contributed by atoms with E-state index in [9.17, 15) is 10.2 Å². The normalized spacial score (nSPS) is 15.9. The molecule has 0 bridgehead atoms. The molecule has 0 heterocycles. The van der Waals surface area contributed by atoms with Crippen LogP contribution in [0.4, 0.5) is 0 Å². The molecule has 0 aromatic heterocycles. The molecule has 0 saturated carbocycles. The Morgan fingerprint density at radius 1 is 1.06 bits per heavy atom. The first-order chi connectivity index (χ1) is 7.72. The highest BCUT2D eigenvalue weighted by Gasteiger charge is 2.12. The zero-order chi connectivity index (χ0) is 12.2. The van der Waals surface area contributed by atoms with Crippen molar-refractivity contribution in [1.82, 2.24) is 0 Å². The minimum absolute atomic E-state index is 0.383. The lowest BCUT2D eigenvalue weighted by Crippen LogP contribution is -2.24. The highest BCUT2D eigenvalue weighted by Crippen LogP contribution is 2.05. The second-order valence-electron chi connectivity index (χ2n) is 3.45. The van der Waals surface area contributed by atoms with Gasteiger partial charge in [0.2, 0.25) is 0 Å². The molecule has 0 amide bonds. The van der Waals surface area contributed by atoms with Gasteiger partial charge in [0.25, 0.3) is 0 Å². The first kappa shape index (κ1) is 14.7. The average molecular weight is 220 g/mol. The molecule has 0 saturated heterocycles. The molecule has 0 aliphatic rings. The second kappa shape index (κ2) is 10.2. The van der Waals surface area contributed by atoms with Gasteiger partial charge in [-0.15, -0.1) is 6.42 Å². The van der Waals surface area contributed by atoms with Gasteiger partial charge in [0, 0.05) is 0 Å². The number of rotatable bonds is 7. The van der Waals surface area contributed by atoms with Gasteiger partial charge in [-0.1, -0.05) is 36.3 Å². The van der Waals surface area contributed by atoms with E-state index in [0.717, 1.165) is 6.42 Å². The van der Waals surface area contributed by atoms with Crippen molar-refractivity contribution < 1.29 is 10.2 Å². The van der Waals surface area contributed by atoms with Crippen LogP contribution in [0.25, 0.3) is 0 Å². The maximum atomic E-state index is 9.57. The smallest absolute Gasteiger partial charge is 0.0836 e. The number of aliphatic hydroxyl groups excluding tert-OH is 2. The van der Waals surface area contributed by atoms with Crippen LogP contribution in [-0.2, 0) is 0 Å². The van der Waals surface area contributed by atoms with Crippen molar-refractivity contribution in [1.29, 1.82) is 0 Å². The predicted molar refractivity (Wildman–Crippen MR) is 67.8 cm³/mol. The molecule has 16 heavy (non-hydrogen) atoms. The molecule has 0 spiro atoms. The zero-order valence-corrected chi connectivity index (χ0v) is 9.71. The quantitative estimate of drug-likeness (QED) is 0.510. The van der Waals surface area contributed by atoms with Crippen molar-refractivity contribution in [3.63, 3.8) is 0 Å². The van der Waals surface area contributed by atoms with Crippen molar-refractivity contribution in [2.24, 2.45) is 0 Å². The van der Waals surface area contributed by atoms with Crippen LogP contribution < -0.4 is 0 Å². The van der Waals surface area contributed by atoms with Gasteiger partial charge in [-0.3, -0.25) is 0 Å². The van der Waals surface area contributed by atoms with Crippen LogP contribution in [-0.4, -0.2) is 22.4 Å². The molecule has 2 atom stereocenters. The number of hydrogen-bond acceptors (Lipinski definition) is 2. The van der Waals surface area contributed by atoms with E-state index in [4.69, 9.17) is 6.42 Å². The number of hydrogen-bond donors (Lipinski definition) is 2. The van der Waals surface area contributed by atoms with Gasteiger partial charge in [-0.05, 0) is 32.3 Å². The van der Waals surface area contributed by atoms with Crippen molar-refractivity contribution in [2.75, 3.05) is 0 Å². The lowest BCUT2D eigenvalue weighted by atomic mass is 10.1. The fourth-order valence-corrected chi connectivity index (χ4v) is 1.14. The van der Waals surface area contributed by atoms with E-state index in [1.54, 1.807) is 6.08 Å². The van der Waals surface area contributed by atoms with Crippen molar-refractivity contribution >= 4 is 0 Å². The molecule has 0 aromatic rings. The fraction of sp³-hybridized carbons (Fsp3) is 0.429. The third kappa shape index (κ3) is 8.05. The SMILES string of the molecule is C#C/C=C/C[C@@H](O)[C@H](O)C/C=C\C/C=C/C. The minimum Gasteiger partial charge on any atom is -0.390 e. The molecule has 2 heteroatoms. The Bertz CT molecular complexity index is 282. The Morgan fingerprint density at radius 3 is 2.25 bits per heavy atom. The molecule has 0 fully saturated rings. The van der Waals surface area contributed by atoms with E-state index < -0.39 is 12.2 Å². The minimum atomic E-state index is -0.754. The Labute approximate surface area is 98.0 Å². The van der Waals surface area contributed by atoms with Crippen LogP contribution in [0.1, 0.15) is 26.2 Å². The summed E-state index contributed by atoms with van der Waals surface area (Å²) in [5, 5.41) is 19.1. The molecular formula is C14H20O2. The molecule has 88 valence electrons. The van der Waals surface area contributed by atoms with E-state index in [0.29, 0.717) is 12.8 Å². The Kier molecular flexibility index (Phi) is 9.39. The van der Waals surface area contributed by atoms with Gasteiger partial charge >= 0.3 is 0 Å². The molecular weight excluding hydrogens is 200 g/mol. The molecule has 0 rings (SSSR count). The number of aliphatic hydroxyl groups is 2. The van der Waals surface area contributed by atoms with Crippen molar-refractivity contribution in [2.45, 2.75) is 38.4 Å². The van der Waals surface area contributed by atoms with Crippen LogP contribution in [0.5, 0.6) is 0 Å². The Balaban J connectivity index is 3.78. The topological polar surface area (TPSA) is 40.5 Å².